The van der Waals surface area contributed by atoms with E-state index in [1.54, 1.807) is 18.2 Å². The standard InChI is InChI=1S/C12H14Cl2O3S/c1-12(2,18(3,16)17)11(15)7-8-4-5-9(13)10(14)6-8/h4-6H,7H2,1-3H3. The molecule has 0 radical (unpaired) electrons. The predicted octanol–water partition coefficient (Wildman–Crippen LogP) is 2.93. The molecule has 0 N–H and O–H groups in total. The van der Waals surface area contributed by atoms with Crippen molar-refractivity contribution in [1.29, 1.82) is 0 Å². The van der Waals surface area contributed by atoms with E-state index in [4.69, 9.17) is 23.2 Å². The molecule has 6 heteroatoms. The minimum absolute atomic E-state index is 0.0109. The van der Waals surface area contributed by atoms with Gasteiger partial charge in [-0.05, 0) is 31.5 Å². The van der Waals surface area contributed by atoms with Crippen molar-refractivity contribution in [2.24, 2.45) is 0 Å². The lowest BCUT2D eigenvalue weighted by molar-refractivity contribution is -0.120. The lowest BCUT2D eigenvalue weighted by Crippen LogP contribution is -2.40. The fraction of sp³-hybridized carbons (Fsp3) is 0.417. The van der Waals surface area contributed by atoms with E-state index >= 15 is 0 Å². The van der Waals surface area contributed by atoms with E-state index in [-0.39, 0.29) is 12.2 Å². The summed E-state index contributed by atoms with van der Waals surface area (Å²) in [6, 6.07) is 4.81. The molecule has 0 spiro atoms. The molecule has 0 bridgehead atoms. The van der Waals surface area contributed by atoms with Gasteiger partial charge < -0.3 is 0 Å². The second-order valence-electron chi connectivity index (χ2n) is 4.63. The second kappa shape index (κ2) is 5.19. The molecule has 18 heavy (non-hydrogen) atoms. The molecular weight excluding hydrogens is 295 g/mol. The maximum atomic E-state index is 12.0. The quantitative estimate of drug-likeness (QED) is 0.859. The van der Waals surface area contributed by atoms with Crippen molar-refractivity contribution in [2.75, 3.05) is 6.26 Å². The van der Waals surface area contributed by atoms with Crippen molar-refractivity contribution in [3.8, 4) is 0 Å². The molecule has 0 aliphatic heterocycles. The molecule has 0 saturated carbocycles. The predicted molar refractivity (Wildman–Crippen MR) is 74.1 cm³/mol. The number of carbonyl (C=O) groups excluding carboxylic acids is 1. The Morgan fingerprint density at radius 1 is 1.22 bits per heavy atom. The summed E-state index contributed by atoms with van der Waals surface area (Å²) in [5.74, 6) is -0.372. The van der Waals surface area contributed by atoms with Crippen LogP contribution in [0.25, 0.3) is 0 Å². The fourth-order valence-electron chi connectivity index (χ4n) is 1.25. The molecule has 3 nitrogen and oxygen atoms in total. The second-order valence-corrected chi connectivity index (χ2v) is 8.01. The van der Waals surface area contributed by atoms with Gasteiger partial charge in [0.2, 0.25) is 0 Å². The molecule has 0 atom stereocenters. The zero-order chi connectivity index (χ0) is 14.1. The first-order chi connectivity index (χ1) is 8.05. The molecule has 1 aromatic rings. The van der Waals surface area contributed by atoms with Crippen molar-refractivity contribution in [2.45, 2.75) is 25.0 Å². The maximum Gasteiger partial charge on any atom is 0.159 e. The number of benzene rings is 1. The third kappa shape index (κ3) is 3.25. The summed E-state index contributed by atoms with van der Waals surface area (Å²) >= 11 is 11.6. The van der Waals surface area contributed by atoms with Crippen LogP contribution in [0.4, 0.5) is 0 Å². The highest BCUT2D eigenvalue weighted by molar-refractivity contribution is 7.92. The average Bonchev–Trinajstić information content (AvgIpc) is 2.21. The number of hydrogen-bond donors (Lipinski definition) is 0. The molecule has 1 rings (SSSR count). The summed E-state index contributed by atoms with van der Waals surface area (Å²) in [4.78, 5) is 12.0. The summed E-state index contributed by atoms with van der Waals surface area (Å²) in [6.07, 6.45) is 1.07. The molecule has 0 aliphatic carbocycles. The van der Waals surface area contributed by atoms with E-state index in [0.717, 1.165) is 6.26 Å². The van der Waals surface area contributed by atoms with Gasteiger partial charge in [0.1, 0.15) is 4.75 Å². The first-order valence-electron chi connectivity index (χ1n) is 5.22. The Hall–Kier alpha value is -0.580. The van der Waals surface area contributed by atoms with Gasteiger partial charge in [0.25, 0.3) is 0 Å². The number of rotatable bonds is 4. The number of carbonyl (C=O) groups is 1. The van der Waals surface area contributed by atoms with Crippen molar-refractivity contribution < 1.29 is 13.2 Å². The summed E-state index contributed by atoms with van der Waals surface area (Å²) in [5.41, 5.74) is 0.645. The number of ketones is 1. The van der Waals surface area contributed by atoms with Gasteiger partial charge in [-0.15, -0.1) is 0 Å². The van der Waals surface area contributed by atoms with Crippen molar-refractivity contribution in [3.63, 3.8) is 0 Å². The first-order valence-corrected chi connectivity index (χ1v) is 7.87. The third-order valence-electron chi connectivity index (χ3n) is 2.95. The van der Waals surface area contributed by atoms with Crippen LogP contribution in [-0.4, -0.2) is 25.2 Å². The van der Waals surface area contributed by atoms with Crippen LogP contribution in [-0.2, 0) is 21.1 Å². The highest BCUT2D eigenvalue weighted by Gasteiger charge is 2.37. The zero-order valence-corrected chi connectivity index (χ0v) is 12.7. The Labute approximate surface area is 117 Å². The van der Waals surface area contributed by atoms with Gasteiger partial charge in [-0.3, -0.25) is 4.79 Å². The Morgan fingerprint density at radius 3 is 2.22 bits per heavy atom. The Kier molecular flexibility index (Phi) is 4.47. The first kappa shape index (κ1) is 15.5. The van der Waals surface area contributed by atoms with Gasteiger partial charge in [0.15, 0.2) is 15.6 Å². The van der Waals surface area contributed by atoms with Gasteiger partial charge in [-0.2, -0.15) is 0 Å². The summed E-state index contributed by atoms with van der Waals surface area (Å²) in [5, 5.41) is 0.745. The van der Waals surface area contributed by atoms with Crippen LogP contribution in [0.1, 0.15) is 19.4 Å². The van der Waals surface area contributed by atoms with Crippen molar-refractivity contribution in [3.05, 3.63) is 33.8 Å². The van der Waals surface area contributed by atoms with Crippen LogP contribution in [0, 0.1) is 0 Å². The monoisotopic (exact) mass is 308 g/mol. The molecule has 0 aliphatic rings. The van der Waals surface area contributed by atoms with Crippen LogP contribution in [0.5, 0.6) is 0 Å². The van der Waals surface area contributed by atoms with E-state index in [9.17, 15) is 13.2 Å². The lowest BCUT2D eigenvalue weighted by atomic mass is 10.0. The number of halogens is 2. The lowest BCUT2D eigenvalue weighted by Gasteiger charge is -2.20. The minimum atomic E-state index is -3.45. The van der Waals surface area contributed by atoms with E-state index in [2.05, 4.69) is 0 Å². The highest BCUT2D eigenvalue weighted by Crippen LogP contribution is 2.25. The maximum absolute atomic E-state index is 12.0. The Bertz CT molecular complexity index is 577. The van der Waals surface area contributed by atoms with Crippen LogP contribution in [0.3, 0.4) is 0 Å². The van der Waals surface area contributed by atoms with E-state index in [1.807, 2.05) is 0 Å². The summed E-state index contributed by atoms with van der Waals surface area (Å²) in [7, 11) is -3.45. The van der Waals surface area contributed by atoms with Crippen LogP contribution >= 0.6 is 23.2 Å². The van der Waals surface area contributed by atoms with Gasteiger partial charge in [0.05, 0.1) is 10.0 Å². The van der Waals surface area contributed by atoms with Crippen molar-refractivity contribution >= 4 is 38.8 Å². The third-order valence-corrected chi connectivity index (χ3v) is 5.77. The molecule has 0 saturated heterocycles. The Morgan fingerprint density at radius 2 is 1.78 bits per heavy atom. The topological polar surface area (TPSA) is 51.2 Å². The fourth-order valence-corrected chi connectivity index (χ4v) is 2.06. The van der Waals surface area contributed by atoms with Crippen molar-refractivity contribution in [1.82, 2.24) is 0 Å². The molecule has 0 heterocycles. The zero-order valence-electron chi connectivity index (χ0n) is 10.3. The van der Waals surface area contributed by atoms with Gasteiger partial charge in [-0.1, -0.05) is 29.3 Å². The summed E-state index contributed by atoms with van der Waals surface area (Å²) in [6.45, 7) is 2.81. The normalized spacial score (nSPS) is 12.5. The molecular formula is C12H14Cl2O3S. The Balaban J connectivity index is 2.99. The van der Waals surface area contributed by atoms with E-state index in [0.29, 0.717) is 15.6 Å². The number of Topliss-reactive ketones (excluding diaryl/α,β-unsaturated/α-hetero) is 1. The minimum Gasteiger partial charge on any atom is -0.298 e. The number of sulfone groups is 1. The molecule has 100 valence electrons. The molecule has 0 amide bonds. The number of hydrogen-bond acceptors (Lipinski definition) is 3. The molecule has 0 unspecified atom stereocenters. The van der Waals surface area contributed by atoms with Crippen LogP contribution in [0.2, 0.25) is 10.0 Å². The van der Waals surface area contributed by atoms with Crippen LogP contribution in [0.15, 0.2) is 18.2 Å². The van der Waals surface area contributed by atoms with E-state index < -0.39 is 14.6 Å². The van der Waals surface area contributed by atoms with Gasteiger partial charge >= 0.3 is 0 Å². The van der Waals surface area contributed by atoms with Gasteiger partial charge in [0, 0.05) is 12.7 Å². The average molecular weight is 309 g/mol. The molecule has 0 aromatic heterocycles. The van der Waals surface area contributed by atoms with Crippen LogP contribution < -0.4 is 0 Å². The SMILES string of the molecule is CC(C)(C(=O)Cc1ccc(Cl)c(Cl)c1)S(C)(=O)=O. The largest absolute Gasteiger partial charge is 0.298 e. The highest BCUT2D eigenvalue weighted by atomic mass is 35.5. The smallest absolute Gasteiger partial charge is 0.159 e. The van der Waals surface area contributed by atoms with Gasteiger partial charge in [-0.25, -0.2) is 8.42 Å². The van der Waals surface area contributed by atoms with E-state index in [1.165, 1.54) is 13.8 Å². The molecule has 0 fully saturated rings. The molecule has 1 aromatic carbocycles. The summed E-state index contributed by atoms with van der Waals surface area (Å²) < 4.78 is 21.7.